The highest BCUT2D eigenvalue weighted by Crippen LogP contribution is 2.32. The number of nitrogens with one attached hydrogen (secondary N) is 1. The van der Waals surface area contributed by atoms with Crippen LogP contribution in [0.5, 0.6) is 0 Å². The third-order valence-corrected chi connectivity index (χ3v) is 6.65. The molecule has 5 nitrogen and oxygen atoms in total. The maximum absolute atomic E-state index is 12.4. The van der Waals surface area contributed by atoms with Crippen molar-refractivity contribution in [2.24, 2.45) is 0 Å². The summed E-state index contributed by atoms with van der Waals surface area (Å²) in [6.45, 7) is 4.18. The number of amides is 1. The van der Waals surface area contributed by atoms with Crippen LogP contribution in [0.4, 0.5) is 5.69 Å². The highest BCUT2D eigenvalue weighted by Gasteiger charge is 2.13. The van der Waals surface area contributed by atoms with E-state index in [4.69, 9.17) is 11.6 Å². The van der Waals surface area contributed by atoms with E-state index in [1.807, 2.05) is 11.4 Å². The van der Waals surface area contributed by atoms with Crippen molar-refractivity contribution in [3.63, 3.8) is 0 Å². The molecule has 1 amide bonds. The Bertz CT molecular complexity index is 1120. The van der Waals surface area contributed by atoms with E-state index in [0.717, 1.165) is 22.5 Å². The van der Waals surface area contributed by atoms with Gasteiger partial charge in [0.15, 0.2) is 9.84 Å². The van der Waals surface area contributed by atoms with Crippen LogP contribution in [0.3, 0.4) is 0 Å². The van der Waals surface area contributed by atoms with E-state index in [2.05, 4.69) is 24.1 Å². The molecule has 8 heteroatoms. The van der Waals surface area contributed by atoms with E-state index in [1.165, 1.54) is 24.3 Å². The van der Waals surface area contributed by atoms with Gasteiger partial charge in [-0.15, -0.1) is 11.3 Å². The van der Waals surface area contributed by atoms with Crippen LogP contribution < -0.4 is 5.32 Å². The van der Waals surface area contributed by atoms with Crippen molar-refractivity contribution < 1.29 is 13.2 Å². The smallest absolute Gasteiger partial charge is 0.255 e. The summed E-state index contributed by atoms with van der Waals surface area (Å²) >= 11 is 7.99. The molecule has 146 valence electrons. The van der Waals surface area contributed by atoms with Gasteiger partial charge >= 0.3 is 0 Å². The molecule has 28 heavy (non-hydrogen) atoms. The molecule has 1 aromatic heterocycles. The number of sulfone groups is 1. The molecule has 0 bridgehead atoms. The lowest BCUT2D eigenvalue weighted by molar-refractivity contribution is 0.102. The second-order valence-electron chi connectivity index (χ2n) is 6.67. The van der Waals surface area contributed by atoms with Crippen LogP contribution in [0, 0.1) is 0 Å². The minimum atomic E-state index is -3.30. The Hall–Kier alpha value is -2.22. The van der Waals surface area contributed by atoms with Crippen molar-refractivity contribution in [3.05, 3.63) is 63.4 Å². The SMILES string of the molecule is CC(C)c1nc(-c2ccc(NC(=O)c3ccc(S(C)(=O)=O)cc3)cc2Cl)cs1. The van der Waals surface area contributed by atoms with Gasteiger partial charge in [-0.1, -0.05) is 25.4 Å². The first-order chi connectivity index (χ1) is 13.1. The monoisotopic (exact) mass is 434 g/mol. The fraction of sp³-hybridized carbons (Fsp3) is 0.200. The fourth-order valence-corrected chi connectivity index (χ4v) is 4.28. The molecule has 0 saturated heterocycles. The van der Waals surface area contributed by atoms with Crippen LogP contribution >= 0.6 is 22.9 Å². The molecule has 0 radical (unpaired) electrons. The molecular formula is C20H19ClN2O3S2. The van der Waals surface area contributed by atoms with Crippen LogP contribution in [-0.4, -0.2) is 25.6 Å². The number of aromatic nitrogens is 1. The van der Waals surface area contributed by atoms with E-state index < -0.39 is 9.84 Å². The Labute approximate surface area is 173 Å². The van der Waals surface area contributed by atoms with Gasteiger partial charge in [0.25, 0.3) is 5.91 Å². The highest BCUT2D eigenvalue weighted by atomic mass is 35.5. The summed E-state index contributed by atoms with van der Waals surface area (Å²) in [7, 11) is -3.30. The first-order valence-electron chi connectivity index (χ1n) is 8.52. The first kappa shape index (κ1) is 20.5. The predicted octanol–water partition coefficient (Wildman–Crippen LogP) is 5.24. The highest BCUT2D eigenvalue weighted by molar-refractivity contribution is 7.90. The second kappa shape index (κ2) is 8.03. The minimum Gasteiger partial charge on any atom is -0.322 e. The minimum absolute atomic E-state index is 0.167. The van der Waals surface area contributed by atoms with Gasteiger partial charge in [0, 0.05) is 34.4 Å². The largest absolute Gasteiger partial charge is 0.322 e. The van der Waals surface area contributed by atoms with Crippen molar-refractivity contribution >= 4 is 44.4 Å². The zero-order chi connectivity index (χ0) is 20.5. The Morgan fingerprint density at radius 1 is 1.14 bits per heavy atom. The number of anilines is 1. The molecule has 3 aromatic rings. The summed E-state index contributed by atoms with van der Waals surface area (Å²) < 4.78 is 23.0. The number of nitrogens with zero attached hydrogens (tertiary/aromatic N) is 1. The van der Waals surface area contributed by atoms with E-state index in [9.17, 15) is 13.2 Å². The molecule has 1 heterocycles. The second-order valence-corrected chi connectivity index (χ2v) is 9.98. The number of benzene rings is 2. The third kappa shape index (κ3) is 4.60. The molecule has 0 atom stereocenters. The molecule has 0 unspecified atom stereocenters. The van der Waals surface area contributed by atoms with Crippen LogP contribution in [0.15, 0.2) is 52.7 Å². The normalized spacial score (nSPS) is 11.6. The van der Waals surface area contributed by atoms with E-state index in [0.29, 0.717) is 22.2 Å². The van der Waals surface area contributed by atoms with E-state index >= 15 is 0 Å². The van der Waals surface area contributed by atoms with Crippen LogP contribution in [0.25, 0.3) is 11.3 Å². The number of thiazole rings is 1. The standard InChI is InChI=1S/C20H19ClN2O3S2/c1-12(2)20-23-18(11-27-20)16-9-6-14(10-17(16)21)22-19(24)13-4-7-15(8-5-13)28(3,25)26/h4-12H,1-3H3,(H,22,24). The summed E-state index contributed by atoms with van der Waals surface area (Å²) in [6.07, 6.45) is 1.12. The van der Waals surface area contributed by atoms with Crippen LogP contribution in [0.2, 0.25) is 5.02 Å². The Morgan fingerprint density at radius 2 is 1.82 bits per heavy atom. The van der Waals surface area contributed by atoms with Crippen molar-refractivity contribution in [2.75, 3.05) is 11.6 Å². The summed E-state index contributed by atoms with van der Waals surface area (Å²) in [5.41, 5.74) is 2.52. The predicted molar refractivity (Wildman–Crippen MR) is 114 cm³/mol. The number of carbonyl (C=O) groups excluding carboxylic acids is 1. The lowest BCUT2D eigenvalue weighted by atomic mass is 10.1. The van der Waals surface area contributed by atoms with Crippen LogP contribution in [-0.2, 0) is 9.84 Å². The maximum atomic E-state index is 12.4. The van der Waals surface area contributed by atoms with Gasteiger partial charge in [0.2, 0.25) is 0 Å². The van der Waals surface area contributed by atoms with Crippen molar-refractivity contribution in [2.45, 2.75) is 24.7 Å². The third-order valence-electron chi connectivity index (χ3n) is 4.06. The van der Waals surface area contributed by atoms with Gasteiger partial charge in [-0.3, -0.25) is 4.79 Å². The van der Waals surface area contributed by atoms with Gasteiger partial charge in [-0.2, -0.15) is 0 Å². The van der Waals surface area contributed by atoms with Crippen molar-refractivity contribution in [3.8, 4) is 11.3 Å². The molecule has 0 aliphatic carbocycles. The number of halogens is 1. The molecule has 2 aromatic carbocycles. The summed E-state index contributed by atoms with van der Waals surface area (Å²) in [6, 6.07) is 11.0. The van der Waals surface area contributed by atoms with Crippen molar-refractivity contribution in [1.82, 2.24) is 4.98 Å². The zero-order valence-corrected chi connectivity index (χ0v) is 18.0. The quantitative estimate of drug-likeness (QED) is 0.595. The Balaban J connectivity index is 1.77. The van der Waals surface area contributed by atoms with Gasteiger partial charge in [0.05, 0.1) is 20.6 Å². The molecule has 0 saturated carbocycles. The van der Waals surface area contributed by atoms with Gasteiger partial charge < -0.3 is 5.32 Å². The van der Waals surface area contributed by atoms with Gasteiger partial charge in [0.1, 0.15) is 0 Å². The van der Waals surface area contributed by atoms with Crippen molar-refractivity contribution in [1.29, 1.82) is 0 Å². The molecule has 0 aliphatic heterocycles. The van der Waals surface area contributed by atoms with Gasteiger partial charge in [-0.05, 0) is 42.5 Å². The number of hydrogen-bond donors (Lipinski definition) is 1. The van der Waals surface area contributed by atoms with Crippen LogP contribution in [0.1, 0.15) is 35.1 Å². The maximum Gasteiger partial charge on any atom is 0.255 e. The lowest BCUT2D eigenvalue weighted by Gasteiger charge is -2.08. The number of rotatable bonds is 5. The fourth-order valence-electron chi connectivity index (χ4n) is 2.53. The van der Waals surface area contributed by atoms with E-state index in [1.54, 1.807) is 23.5 Å². The average molecular weight is 435 g/mol. The number of carbonyl (C=O) groups is 1. The Morgan fingerprint density at radius 3 is 2.36 bits per heavy atom. The Kier molecular flexibility index (Phi) is 5.88. The molecule has 0 spiro atoms. The topological polar surface area (TPSA) is 76.1 Å². The zero-order valence-electron chi connectivity index (χ0n) is 15.6. The summed E-state index contributed by atoms with van der Waals surface area (Å²) in [5.74, 6) is 0.00444. The molecular weight excluding hydrogens is 416 g/mol. The van der Waals surface area contributed by atoms with E-state index in [-0.39, 0.29) is 10.8 Å². The van der Waals surface area contributed by atoms with Gasteiger partial charge in [-0.25, -0.2) is 13.4 Å². The average Bonchev–Trinajstić information content (AvgIpc) is 3.11. The molecule has 3 rings (SSSR count). The number of hydrogen-bond acceptors (Lipinski definition) is 5. The first-order valence-corrected chi connectivity index (χ1v) is 11.7. The summed E-state index contributed by atoms with van der Waals surface area (Å²) in [5, 5.41) is 6.27. The molecule has 1 N–H and O–H groups in total. The lowest BCUT2D eigenvalue weighted by Crippen LogP contribution is -2.12. The molecule has 0 fully saturated rings. The summed E-state index contributed by atoms with van der Waals surface area (Å²) in [4.78, 5) is 17.2. The molecule has 0 aliphatic rings.